The van der Waals surface area contributed by atoms with Crippen molar-refractivity contribution in [2.75, 3.05) is 0 Å². The van der Waals surface area contributed by atoms with E-state index >= 15 is 0 Å². The van der Waals surface area contributed by atoms with Gasteiger partial charge in [0.2, 0.25) is 0 Å². The summed E-state index contributed by atoms with van der Waals surface area (Å²) in [4.78, 5) is 0. The van der Waals surface area contributed by atoms with Crippen LogP contribution in [0.1, 0.15) is 39.8 Å². The van der Waals surface area contributed by atoms with E-state index in [-0.39, 0.29) is 0 Å². The molecule has 4 rings (SSSR count). The quantitative estimate of drug-likeness (QED) is 0.546. The largest absolute Gasteiger partial charge is 0.0801 e. The first kappa shape index (κ1) is 12.6. The molecule has 0 fully saturated rings. The van der Waals surface area contributed by atoms with Crippen molar-refractivity contribution in [2.24, 2.45) is 0 Å². The standard InChI is InChI=1S/C21H20/c1-13-7-6-10-17-12-19-18(16-8-4-5-9-16)11-14(2)15(3)21(19)20(13)17/h4-8,10-11H,9,12H2,1-3H3. The maximum Gasteiger partial charge on any atom is -0.000719 e. The Bertz CT molecular complexity index is 816. The molecule has 0 heteroatoms. The molecule has 0 aromatic heterocycles. The van der Waals surface area contributed by atoms with Crippen LogP contribution in [0.25, 0.3) is 16.7 Å². The van der Waals surface area contributed by atoms with Gasteiger partial charge < -0.3 is 0 Å². The van der Waals surface area contributed by atoms with Crippen molar-refractivity contribution in [3.05, 3.63) is 75.9 Å². The van der Waals surface area contributed by atoms with E-state index in [1.807, 2.05) is 0 Å². The summed E-state index contributed by atoms with van der Waals surface area (Å²) in [7, 11) is 0. The zero-order valence-corrected chi connectivity index (χ0v) is 13.0. The summed E-state index contributed by atoms with van der Waals surface area (Å²) in [5.74, 6) is 0. The number of fused-ring (bicyclic) bond motifs is 3. The third kappa shape index (κ3) is 1.75. The highest BCUT2D eigenvalue weighted by Gasteiger charge is 2.26. The van der Waals surface area contributed by atoms with E-state index in [1.54, 1.807) is 0 Å². The lowest BCUT2D eigenvalue weighted by atomic mass is 9.88. The molecule has 0 unspecified atom stereocenters. The number of hydrogen-bond donors (Lipinski definition) is 0. The van der Waals surface area contributed by atoms with Crippen LogP contribution in [0.4, 0.5) is 0 Å². The van der Waals surface area contributed by atoms with Gasteiger partial charge in [-0.05, 0) is 83.7 Å². The molecule has 0 bridgehead atoms. The highest BCUT2D eigenvalue weighted by molar-refractivity contribution is 5.88. The molecule has 0 aliphatic heterocycles. The van der Waals surface area contributed by atoms with E-state index in [9.17, 15) is 0 Å². The van der Waals surface area contributed by atoms with E-state index in [1.165, 1.54) is 50.1 Å². The molecule has 0 heterocycles. The lowest BCUT2D eigenvalue weighted by Gasteiger charge is -2.16. The third-order valence-corrected chi connectivity index (χ3v) is 5.05. The molecule has 0 saturated heterocycles. The van der Waals surface area contributed by atoms with E-state index < -0.39 is 0 Å². The Morgan fingerprint density at radius 2 is 1.81 bits per heavy atom. The maximum absolute atomic E-state index is 2.40. The third-order valence-electron chi connectivity index (χ3n) is 5.05. The van der Waals surface area contributed by atoms with Gasteiger partial charge in [0.25, 0.3) is 0 Å². The van der Waals surface area contributed by atoms with Gasteiger partial charge in [-0.25, -0.2) is 0 Å². The minimum atomic E-state index is 1.07. The number of hydrogen-bond acceptors (Lipinski definition) is 0. The van der Waals surface area contributed by atoms with Gasteiger partial charge in [-0.1, -0.05) is 42.5 Å². The van der Waals surface area contributed by atoms with Gasteiger partial charge in [0.05, 0.1) is 0 Å². The summed E-state index contributed by atoms with van der Waals surface area (Å²) in [6, 6.07) is 9.13. The lowest BCUT2D eigenvalue weighted by molar-refractivity contribution is 1.21. The summed E-state index contributed by atoms with van der Waals surface area (Å²) < 4.78 is 0. The van der Waals surface area contributed by atoms with Gasteiger partial charge in [0.15, 0.2) is 0 Å². The van der Waals surface area contributed by atoms with Crippen LogP contribution in [0.2, 0.25) is 0 Å². The Morgan fingerprint density at radius 3 is 2.57 bits per heavy atom. The van der Waals surface area contributed by atoms with E-state index in [4.69, 9.17) is 0 Å². The number of allylic oxidation sites excluding steroid dienone is 4. The molecule has 2 aliphatic rings. The molecule has 2 aliphatic carbocycles. The minimum Gasteiger partial charge on any atom is -0.0801 e. The van der Waals surface area contributed by atoms with Gasteiger partial charge in [-0.2, -0.15) is 0 Å². The average Bonchev–Trinajstić information content (AvgIpc) is 3.10. The molecular weight excluding hydrogens is 252 g/mol. The summed E-state index contributed by atoms with van der Waals surface area (Å²) in [6.07, 6.45) is 8.87. The molecule has 0 spiro atoms. The van der Waals surface area contributed by atoms with E-state index in [0.717, 1.165) is 12.8 Å². The summed E-state index contributed by atoms with van der Waals surface area (Å²) >= 11 is 0. The van der Waals surface area contributed by atoms with Crippen molar-refractivity contribution in [2.45, 2.75) is 33.6 Å². The zero-order valence-electron chi connectivity index (χ0n) is 13.0. The topological polar surface area (TPSA) is 0 Å². The fraction of sp³-hybridized carbons (Fsp3) is 0.238. The lowest BCUT2D eigenvalue weighted by Crippen LogP contribution is -1.96. The van der Waals surface area contributed by atoms with Gasteiger partial charge in [-0.3, -0.25) is 0 Å². The first-order chi connectivity index (χ1) is 10.2. The van der Waals surface area contributed by atoms with Gasteiger partial charge in [-0.15, -0.1) is 0 Å². The fourth-order valence-electron chi connectivity index (χ4n) is 3.85. The van der Waals surface area contributed by atoms with Crippen LogP contribution < -0.4 is 0 Å². The molecular formula is C21H20. The first-order valence-corrected chi connectivity index (χ1v) is 7.75. The number of aryl methyl sites for hydroxylation is 2. The van der Waals surface area contributed by atoms with E-state index in [2.05, 4.69) is 63.3 Å². The second-order valence-electron chi connectivity index (χ2n) is 6.33. The Labute approximate surface area is 126 Å². The van der Waals surface area contributed by atoms with Crippen molar-refractivity contribution in [1.29, 1.82) is 0 Å². The first-order valence-electron chi connectivity index (χ1n) is 7.75. The van der Waals surface area contributed by atoms with Crippen molar-refractivity contribution in [3.63, 3.8) is 0 Å². The molecule has 2 aromatic rings. The van der Waals surface area contributed by atoms with Crippen LogP contribution in [0.3, 0.4) is 0 Å². The molecule has 0 nitrogen and oxygen atoms in total. The molecule has 2 aromatic carbocycles. The second-order valence-corrected chi connectivity index (χ2v) is 6.33. The maximum atomic E-state index is 2.40. The summed E-state index contributed by atoms with van der Waals surface area (Å²) in [6.45, 7) is 6.77. The Morgan fingerprint density at radius 1 is 0.952 bits per heavy atom. The van der Waals surface area contributed by atoms with Crippen LogP contribution >= 0.6 is 0 Å². The molecule has 0 saturated carbocycles. The van der Waals surface area contributed by atoms with Crippen molar-refractivity contribution in [3.8, 4) is 11.1 Å². The smallest absolute Gasteiger partial charge is 0.000719 e. The molecule has 104 valence electrons. The molecule has 0 amide bonds. The number of benzene rings is 2. The van der Waals surface area contributed by atoms with Gasteiger partial charge >= 0.3 is 0 Å². The zero-order chi connectivity index (χ0) is 14.6. The van der Waals surface area contributed by atoms with Crippen LogP contribution in [-0.2, 0) is 6.42 Å². The van der Waals surface area contributed by atoms with E-state index in [0.29, 0.717) is 0 Å². The molecule has 0 N–H and O–H groups in total. The Hall–Kier alpha value is -2.08. The van der Waals surface area contributed by atoms with Crippen LogP contribution in [0.15, 0.2) is 42.5 Å². The van der Waals surface area contributed by atoms with Crippen LogP contribution in [-0.4, -0.2) is 0 Å². The average molecular weight is 272 g/mol. The monoisotopic (exact) mass is 272 g/mol. The van der Waals surface area contributed by atoms with Gasteiger partial charge in [0.1, 0.15) is 0 Å². The SMILES string of the molecule is Cc1cc(C2=CC=CC2)c2c(c1C)-c1c(C)cccc1C2. The highest BCUT2D eigenvalue weighted by atomic mass is 14.3. The normalized spacial score (nSPS) is 15.1. The predicted octanol–water partition coefficient (Wildman–Crippen LogP) is 5.53. The van der Waals surface area contributed by atoms with Crippen molar-refractivity contribution in [1.82, 2.24) is 0 Å². The minimum absolute atomic E-state index is 1.07. The predicted molar refractivity (Wildman–Crippen MR) is 90.6 cm³/mol. The highest BCUT2D eigenvalue weighted by Crippen LogP contribution is 2.45. The van der Waals surface area contributed by atoms with Crippen molar-refractivity contribution < 1.29 is 0 Å². The summed E-state index contributed by atoms with van der Waals surface area (Å²) in [5, 5.41) is 0. The molecule has 0 radical (unpaired) electrons. The Balaban J connectivity index is 2.03. The fourth-order valence-corrected chi connectivity index (χ4v) is 3.85. The van der Waals surface area contributed by atoms with Crippen LogP contribution in [0, 0.1) is 20.8 Å². The Kier molecular flexibility index (Phi) is 2.68. The molecule has 0 atom stereocenters. The van der Waals surface area contributed by atoms with Crippen molar-refractivity contribution >= 4 is 5.57 Å². The number of rotatable bonds is 1. The van der Waals surface area contributed by atoms with Crippen LogP contribution in [0.5, 0.6) is 0 Å². The summed E-state index contributed by atoms with van der Waals surface area (Å²) in [5.41, 5.74) is 13.2. The van der Waals surface area contributed by atoms with Gasteiger partial charge in [0, 0.05) is 0 Å². The second kappa shape index (κ2) is 4.46. The molecule has 21 heavy (non-hydrogen) atoms.